The van der Waals surface area contributed by atoms with Crippen molar-refractivity contribution in [2.45, 2.75) is 12.5 Å². The number of carbonyl (C=O) groups is 2. The Labute approximate surface area is 257 Å². The van der Waals surface area contributed by atoms with Gasteiger partial charge in [-0.25, -0.2) is 13.8 Å². The van der Waals surface area contributed by atoms with Crippen molar-refractivity contribution in [1.29, 1.82) is 0 Å². The van der Waals surface area contributed by atoms with Crippen molar-refractivity contribution in [3.8, 4) is 17.2 Å². The highest BCUT2D eigenvalue weighted by molar-refractivity contribution is 6.00. The smallest absolute Gasteiger partial charge is 0.387 e. The zero-order chi connectivity index (χ0) is 32.2. The maximum atomic E-state index is 15.4. The molecule has 10 nitrogen and oxygen atoms in total. The largest absolute Gasteiger partial charge is 0.497 e. The molecule has 2 amide bonds. The molecule has 3 heterocycles. The van der Waals surface area contributed by atoms with Crippen LogP contribution in [0.15, 0.2) is 48.5 Å². The number of likely N-dealkylation sites (N-methyl/N-ethyl adjacent to an activating group) is 1. The van der Waals surface area contributed by atoms with Gasteiger partial charge < -0.3 is 29.3 Å². The fraction of sp³-hybridized carbons (Fsp3) is 0.387. The minimum atomic E-state index is -3.02. The number of pyridine rings is 1. The summed E-state index contributed by atoms with van der Waals surface area (Å²) in [4.78, 5) is 37.4. The second-order valence-corrected chi connectivity index (χ2v) is 10.8. The summed E-state index contributed by atoms with van der Waals surface area (Å²) in [7, 11) is 4.75. The van der Waals surface area contributed by atoms with Gasteiger partial charge in [-0.1, -0.05) is 0 Å². The molecule has 3 aromatic rings. The normalized spacial score (nSPS) is 18.8. The SMILES string of the molecule is COc1cc(F)c([C@@H]2CN(c3nc(N4CCN(C)CC4)ccc3OC)C(=O)C2CNC(=O)c2ccc(OC(F)F)cc2)c(F)c1. The molecule has 1 aromatic heterocycles. The molecule has 2 atom stereocenters. The summed E-state index contributed by atoms with van der Waals surface area (Å²) in [5.74, 6) is -4.09. The Hall–Kier alpha value is -4.59. The van der Waals surface area contributed by atoms with Crippen LogP contribution in [0.1, 0.15) is 21.8 Å². The maximum Gasteiger partial charge on any atom is 0.387 e. The first-order chi connectivity index (χ1) is 21.6. The molecule has 240 valence electrons. The number of piperazine rings is 1. The quantitative estimate of drug-likeness (QED) is 0.337. The summed E-state index contributed by atoms with van der Waals surface area (Å²) in [5, 5.41) is 2.65. The van der Waals surface area contributed by atoms with Crippen molar-refractivity contribution < 1.29 is 41.4 Å². The van der Waals surface area contributed by atoms with Crippen LogP contribution in [0.25, 0.3) is 0 Å². The molecule has 0 bridgehead atoms. The topological polar surface area (TPSA) is 96.5 Å². The average Bonchev–Trinajstić information content (AvgIpc) is 3.34. The Morgan fingerprint density at radius 3 is 2.24 bits per heavy atom. The van der Waals surface area contributed by atoms with Crippen molar-refractivity contribution >= 4 is 23.5 Å². The fourth-order valence-corrected chi connectivity index (χ4v) is 5.61. The third kappa shape index (κ3) is 6.90. The van der Waals surface area contributed by atoms with Crippen molar-refractivity contribution in [2.75, 3.05) is 70.3 Å². The number of nitrogens with zero attached hydrogens (tertiary/aromatic N) is 4. The number of rotatable bonds is 10. The van der Waals surface area contributed by atoms with Crippen LogP contribution in [-0.4, -0.2) is 88.8 Å². The number of ether oxygens (including phenoxy) is 3. The highest BCUT2D eigenvalue weighted by atomic mass is 19.3. The molecule has 1 unspecified atom stereocenters. The number of methoxy groups -OCH3 is 2. The molecule has 2 fully saturated rings. The van der Waals surface area contributed by atoms with Gasteiger partial charge in [-0.15, -0.1) is 0 Å². The van der Waals surface area contributed by atoms with Crippen LogP contribution in [0, 0.1) is 17.6 Å². The Kier molecular flexibility index (Phi) is 9.61. The average molecular weight is 632 g/mol. The van der Waals surface area contributed by atoms with E-state index < -0.39 is 41.9 Å². The molecule has 0 spiro atoms. The summed E-state index contributed by atoms with van der Waals surface area (Å²) in [6.07, 6.45) is 0. The third-order valence-corrected chi connectivity index (χ3v) is 8.06. The fourth-order valence-electron chi connectivity index (χ4n) is 5.61. The predicted octanol–water partition coefficient (Wildman–Crippen LogP) is 3.91. The summed E-state index contributed by atoms with van der Waals surface area (Å²) >= 11 is 0. The summed E-state index contributed by atoms with van der Waals surface area (Å²) in [6, 6.07) is 10.6. The molecule has 0 saturated carbocycles. The van der Waals surface area contributed by atoms with Crippen molar-refractivity contribution in [1.82, 2.24) is 15.2 Å². The molecule has 45 heavy (non-hydrogen) atoms. The van der Waals surface area contributed by atoms with Crippen LogP contribution in [0.4, 0.5) is 29.2 Å². The number of aromatic nitrogens is 1. The summed E-state index contributed by atoms with van der Waals surface area (Å²) in [6.45, 7) is -0.349. The molecule has 14 heteroatoms. The Morgan fingerprint density at radius 2 is 1.64 bits per heavy atom. The first-order valence-corrected chi connectivity index (χ1v) is 14.3. The van der Waals surface area contributed by atoms with Crippen molar-refractivity contribution in [2.24, 2.45) is 5.92 Å². The van der Waals surface area contributed by atoms with E-state index >= 15 is 8.78 Å². The van der Waals surface area contributed by atoms with Crippen molar-refractivity contribution in [3.05, 3.63) is 71.3 Å². The van der Waals surface area contributed by atoms with E-state index in [0.29, 0.717) is 11.6 Å². The molecule has 2 saturated heterocycles. The number of carbonyl (C=O) groups excluding carboxylic acids is 2. The lowest BCUT2D eigenvalue weighted by Crippen LogP contribution is -2.45. The molecular formula is C31H33F4N5O5. The summed E-state index contributed by atoms with van der Waals surface area (Å²) < 4.78 is 70.7. The second-order valence-electron chi connectivity index (χ2n) is 10.8. The molecule has 5 rings (SSSR count). The van der Waals surface area contributed by atoms with E-state index in [1.807, 2.05) is 7.05 Å². The van der Waals surface area contributed by atoms with Crippen LogP contribution in [0.2, 0.25) is 0 Å². The molecule has 0 aliphatic carbocycles. The number of benzene rings is 2. The van der Waals surface area contributed by atoms with Gasteiger partial charge in [0.25, 0.3) is 5.91 Å². The van der Waals surface area contributed by atoms with E-state index in [9.17, 15) is 18.4 Å². The number of nitrogens with one attached hydrogen (secondary N) is 1. The van der Waals surface area contributed by atoms with Crippen LogP contribution < -0.4 is 29.3 Å². The lowest BCUT2D eigenvalue weighted by Gasteiger charge is -2.33. The van der Waals surface area contributed by atoms with Gasteiger partial charge in [0, 0.05) is 68.4 Å². The van der Waals surface area contributed by atoms with Crippen LogP contribution >= 0.6 is 0 Å². The maximum absolute atomic E-state index is 15.4. The molecule has 1 N–H and O–H groups in total. The third-order valence-electron chi connectivity index (χ3n) is 8.06. The Morgan fingerprint density at radius 1 is 0.978 bits per heavy atom. The van der Waals surface area contributed by atoms with E-state index in [2.05, 4.69) is 19.9 Å². The standard InChI is InChI=1S/C31H33F4N5O5/c1-38-10-12-39(13-11-38)26-9-8-25(44-3)28(37-26)40-17-22(27-23(32)14-20(43-2)15-24(27)33)21(30(40)42)16-36-29(41)18-4-6-19(7-5-18)45-31(34)35/h4-9,14-15,21-22,31H,10-13,16-17H2,1-3H3,(H,36,41)/t21?,22-/m1/s1. The Balaban J connectivity index is 1.45. The van der Waals surface area contributed by atoms with E-state index in [0.717, 1.165) is 38.3 Å². The zero-order valence-corrected chi connectivity index (χ0v) is 24.9. The summed E-state index contributed by atoms with van der Waals surface area (Å²) in [5.41, 5.74) is -0.214. The number of amides is 2. The molecule has 2 aliphatic rings. The van der Waals surface area contributed by atoms with Crippen LogP contribution in [-0.2, 0) is 4.79 Å². The minimum absolute atomic E-state index is 0.0257. The first-order valence-electron chi connectivity index (χ1n) is 14.3. The predicted molar refractivity (Wildman–Crippen MR) is 157 cm³/mol. The Bertz CT molecular complexity index is 1510. The van der Waals surface area contributed by atoms with Gasteiger partial charge in [0.15, 0.2) is 11.6 Å². The number of alkyl halides is 2. The molecule has 2 aliphatic heterocycles. The van der Waals surface area contributed by atoms with E-state index in [1.165, 1.54) is 43.4 Å². The van der Waals surface area contributed by atoms with Gasteiger partial charge in [-0.05, 0) is 43.4 Å². The van der Waals surface area contributed by atoms with Gasteiger partial charge in [-0.3, -0.25) is 14.5 Å². The second kappa shape index (κ2) is 13.6. The molecule has 0 radical (unpaired) electrons. The lowest BCUT2D eigenvalue weighted by molar-refractivity contribution is -0.120. The van der Waals surface area contributed by atoms with E-state index in [1.54, 1.807) is 12.1 Å². The van der Waals surface area contributed by atoms with Gasteiger partial charge >= 0.3 is 6.61 Å². The van der Waals surface area contributed by atoms with Gasteiger partial charge in [-0.2, -0.15) is 8.78 Å². The van der Waals surface area contributed by atoms with Crippen LogP contribution in [0.3, 0.4) is 0 Å². The lowest BCUT2D eigenvalue weighted by atomic mass is 9.87. The first kappa shape index (κ1) is 31.8. The molecule has 2 aromatic carbocycles. The number of anilines is 2. The number of hydrogen-bond donors (Lipinski definition) is 1. The van der Waals surface area contributed by atoms with E-state index in [4.69, 9.17) is 14.5 Å². The van der Waals surface area contributed by atoms with Crippen molar-refractivity contribution in [3.63, 3.8) is 0 Å². The van der Waals surface area contributed by atoms with Gasteiger partial charge in [0.2, 0.25) is 5.91 Å². The minimum Gasteiger partial charge on any atom is -0.497 e. The number of halogens is 4. The molecular weight excluding hydrogens is 598 g/mol. The highest BCUT2D eigenvalue weighted by Gasteiger charge is 2.45. The van der Waals surface area contributed by atoms with Gasteiger partial charge in [0.1, 0.15) is 29.0 Å². The van der Waals surface area contributed by atoms with Crippen LogP contribution in [0.5, 0.6) is 17.2 Å². The monoisotopic (exact) mass is 631 g/mol. The van der Waals surface area contributed by atoms with Gasteiger partial charge in [0.05, 0.1) is 20.1 Å². The highest BCUT2D eigenvalue weighted by Crippen LogP contribution is 2.42. The zero-order valence-electron chi connectivity index (χ0n) is 24.9. The van der Waals surface area contributed by atoms with E-state index in [-0.39, 0.29) is 41.5 Å². The number of hydrogen-bond acceptors (Lipinski definition) is 8.